The number of alkyl carbamates (subject to hydrolysis) is 1. The number of nitrogens with zero attached hydrogens (tertiary/aromatic N) is 1. The fourth-order valence-corrected chi connectivity index (χ4v) is 5.42. The second-order valence-electron chi connectivity index (χ2n) is 13.9. The largest absolute Gasteiger partial charge is 0.490 e. The average Bonchev–Trinajstić information content (AvgIpc) is 3.00. The summed E-state index contributed by atoms with van der Waals surface area (Å²) in [7, 11) is 1.58. The van der Waals surface area contributed by atoms with Crippen molar-refractivity contribution in [1.29, 1.82) is 0 Å². The van der Waals surface area contributed by atoms with E-state index >= 15 is 0 Å². The van der Waals surface area contributed by atoms with Gasteiger partial charge in [0.05, 0.1) is 37.5 Å². The molecule has 2 rings (SSSR count). The number of para-hydroxylation sites is 1. The van der Waals surface area contributed by atoms with Crippen molar-refractivity contribution in [3.63, 3.8) is 0 Å². The molecule has 3 amide bonds. The number of methoxy groups -OCH3 is 1. The summed E-state index contributed by atoms with van der Waals surface area (Å²) in [6, 6.07) is 6.31. The minimum absolute atomic E-state index is 0.0402. The van der Waals surface area contributed by atoms with E-state index in [-0.39, 0.29) is 36.0 Å². The van der Waals surface area contributed by atoms with Crippen molar-refractivity contribution in [2.45, 2.75) is 79.1 Å². The first-order valence-corrected chi connectivity index (χ1v) is 17.0. The molecule has 1 saturated heterocycles. The Balaban J connectivity index is 2.14. The molecule has 0 radical (unpaired) electrons. The van der Waals surface area contributed by atoms with Gasteiger partial charge in [-0.2, -0.15) is 0 Å². The maximum atomic E-state index is 13.3. The number of amides is 3. The summed E-state index contributed by atoms with van der Waals surface area (Å²) in [5.74, 6) is -0.466. The minimum Gasteiger partial charge on any atom is -0.490 e. The molecule has 4 N–H and O–H groups in total. The van der Waals surface area contributed by atoms with Crippen LogP contribution in [0.25, 0.3) is 0 Å². The number of aliphatic hydroxyl groups is 1. The van der Waals surface area contributed by atoms with Crippen LogP contribution in [0.3, 0.4) is 0 Å². The fourth-order valence-electron chi connectivity index (χ4n) is 5.42. The lowest BCUT2D eigenvalue weighted by atomic mass is 9.82. The van der Waals surface area contributed by atoms with Gasteiger partial charge in [-0.1, -0.05) is 39.8 Å². The van der Waals surface area contributed by atoms with Gasteiger partial charge in [-0.25, -0.2) is 4.79 Å². The number of aliphatic hydroxyl groups excluding tert-OH is 1. The van der Waals surface area contributed by atoms with Gasteiger partial charge in [-0.05, 0) is 63.5 Å². The first-order valence-electron chi connectivity index (χ1n) is 17.0. The molecular weight excluding hydrogens is 604 g/mol. The van der Waals surface area contributed by atoms with Crippen LogP contribution >= 0.6 is 0 Å². The number of carbonyl (C=O) groups is 3. The van der Waals surface area contributed by atoms with Gasteiger partial charge < -0.3 is 40.0 Å². The van der Waals surface area contributed by atoms with Crippen LogP contribution in [0.4, 0.5) is 4.79 Å². The molecule has 1 aliphatic rings. The molecule has 1 aromatic carbocycles. The van der Waals surface area contributed by atoms with Crippen LogP contribution in [0.1, 0.15) is 71.7 Å². The lowest BCUT2D eigenvalue weighted by Gasteiger charge is -2.33. The lowest BCUT2D eigenvalue weighted by Crippen LogP contribution is -2.49. The number of nitrogens with one attached hydrogen (secondary N) is 3. The summed E-state index contributed by atoms with van der Waals surface area (Å²) >= 11 is 0. The van der Waals surface area contributed by atoms with Crippen molar-refractivity contribution in [1.82, 2.24) is 20.9 Å². The second kappa shape index (κ2) is 20.4. The predicted molar refractivity (Wildman–Crippen MR) is 181 cm³/mol. The molecule has 0 aromatic heterocycles. The predicted octanol–water partition coefficient (Wildman–Crippen LogP) is 3.47. The number of hydrogen-bond donors (Lipinski definition) is 4. The first kappa shape index (κ1) is 40.2. The van der Waals surface area contributed by atoms with Crippen LogP contribution in [0.5, 0.6) is 5.75 Å². The van der Waals surface area contributed by atoms with E-state index in [9.17, 15) is 19.5 Å². The van der Waals surface area contributed by atoms with Crippen LogP contribution < -0.4 is 20.7 Å². The van der Waals surface area contributed by atoms with Gasteiger partial charge in [0, 0.05) is 45.8 Å². The highest BCUT2D eigenvalue weighted by Gasteiger charge is 2.33. The van der Waals surface area contributed by atoms with Crippen molar-refractivity contribution >= 4 is 17.9 Å². The summed E-state index contributed by atoms with van der Waals surface area (Å²) in [6.07, 6.45) is -1.17. The first-order chi connectivity index (χ1) is 22.2. The van der Waals surface area contributed by atoms with E-state index < -0.39 is 29.8 Å². The molecule has 0 bridgehead atoms. The van der Waals surface area contributed by atoms with Gasteiger partial charge in [0.15, 0.2) is 0 Å². The zero-order valence-electron chi connectivity index (χ0n) is 29.8. The molecule has 0 spiro atoms. The Hall–Kier alpha value is -2.93. The van der Waals surface area contributed by atoms with E-state index in [1.54, 1.807) is 52.1 Å². The molecule has 1 heterocycles. The molecule has 0 saturated carbocycles. The maximum Gasteiger partial charge on any atom is 0.407 e. The molecule has 0 aliphatic carbocycles. The number of hydrogen-bond acceptors (Lipinski definition) is 9. The van der Waals surface area contributed by atoms with Crippen molar-refractivity contribution < 1.29 is 38.4 Å². The number of ether oxygens (including phenoxy) is 4. The zero-order chi connectivity index (χ0) is 35.0. The van der Waals surface area contributed by atoms with Crippen LogP contribution in [0.2, 0.25) is 0 Å². The Kier molecular flexibility index (Phi) is 17.5. The van der Waals surface area contributed by atoms with E-state index in [0.29, 0.717) is 57.3 Å². The Bertz CT molecular complexity index is 1090. The van der Waals surface area contributed by atoms with Crippen molar-refractivity contribution in [2.24, 2.45) is 23.7 Å². The van der Waals surface area contributed by atoms with Crippen LogP contribution in [0, 0.1) is 23.7 Å². The van der Waals surface area contributed by atoms with E-state index in [1.807, 2.05) is 27.7 Å². The van der Waals surface area contributed by atoms with Gasteiger partial charge in [-0.3, -0.25) is 14.5 Å². The summed E-state index contributed by atoms with van der Waals surface area (Å²) in [4.78, 5) is 41.7. The molecule has 47 heavy (non-hydrogen) atoms. The van der Waals surface area contributed by atoms with Gasteiger partial charge >= 0.3 is 6.09 Å². The summed E-state index contributed by atoms with van der Waals surface area (Å²) < 4.78 is 21.7. The monoisotopic (exact) mass is 664 g/mol. The smallest absolute Gasteiger partial charge is 0.407 e. The second-order valence-corrected chi connectivity index (χ2v) is 13.9. The highest BCUT2D eigenvalue weighted by atomic mass is 16.6. The average molecular weight is 665 g/mol. The van der Waals surface area contributed by atoms with Crippen LogP contribution in [-0.2, 0) is 19.0 Å². The molecule has 268 valence electrons. The van der Waals surface area contributed by atoms with E-state index in [1.165, 1.54) is 0 Å². The summed E-state index contributed by atoms with van der Waals surface area (Å²) in [5.41, 5.74) is -0.320. The lowest BCUT2D eigenvalue weighted by molar-refractivity contribution is -0.127. The normalized spacial score (nSPS) is 16.7. The number of rotatable bonds is 19. The molecule has 1 fully saturated rings. The van der Waals surface area contributed by atoms with Crippen molar-refractivity contribution in [2.75, 3.05) is 66.3 Å². The molecule has 12 nitrogen and oxygen atoms in total. The fraction of sp³-hybridized carbons (Fsp3) is 0.743. The number of carbonyl (C=O) groups excluding carboxylic acids is 3. The third-order valence-electron chi connectivity index (χ3n) is 8.34. The SMILES string of the molecule is COCCOc1ccccc1C(=O)NCC(CC(NC(=O)OC(C)(C)C)C(O)CC(C(=O)NCCN1CCOCC1)C(C)C)C(C)C. The topological polar surface area (TPSA) is 148 Å². The molecular formula is C35H60N4O8. The Morgan fingerprint density at radius 3 is 2.28 bits per heavy atom. The summed E-state index contributed by atoms with van der Waals surface area (Å²) in [5, 5.41) is 20.5. The van der Waals surface area contributed by atoms with Gasteiger partial charge in [0.1, 0.15) is 18.0 Å². The third-order valence-corrected chi connectivity index (χ3v) is 8.34. The maximum absolute atomic E-state index is 13.3. The van der Waals surface area contributed by atoms with Crippen molar-refractivity contribution in [3.8, 4) is 5.75 Å². The van der Waals surface area contributed by atoms with Gasteiger partial charge in [-0.15, -0.1) is 0 Å². The molecule has 12 heteroatoms. The molecule has 4 atom stereocenters. The standard InChI is InChI=1S/C35H60N4O8/c1-24(2)26(23-37-32(41)27-11-9-10-12-31(27)46-20-19-44-8)21-29(38-34(43)47-35(5,6)7)30(40)22-28(25(3)4)33(42)36-13-14-39-15-17-45-18-16-39/h9-12,24-26,28-30,40H,13-23H2,1-8H3,(H,36,42)(H,37,41)(H,38,43). The molecule has 1 aliphatic heterocycles. The third kappa shape index (κ3) is 15.2. The minimum atomic E-state index is -1.04. The van der Waals surface area contributed by atoms with E-state index in [0.717, 1.165) is 19.6 Å². The Morgan fingerprint density at radius 1 is 0.979 bits per heavy atom. The highest BCUT2D eigenvalue weighted by Crippen LogP contribution is 2.25. The number of morpholine rings is 1. The zero-order valence-corrected chi connectivity index (χ0v) is 29.8. The Morgan fingerprint density at radius 2 is 1.66 bits per heavy atom. The van der Waals surface area contributed by atoms with Gasteiger partial charge in [0.25, 0.3) is 5.91 Å². The molecule has 1 aromatic rings. The van der Waals surface area contributed by atoms with E-state index in [2.05, 4.69) is 20.9 Å². The van der Waals surface area contributed by atoms with Crippen LogP contribution in [-0.4, -0.2) is 112 Å². The summed E-state index contributed by atoms with van der Waals surface area (Å²) in [6.45, 7) is 18.6. The van der Waals surface area contributed by atoms with Crippen molar-refractivity contribution in [3.05, 3.63) is 29.8 Å². The van der Waals surface area contributed by atoms with Crippen LogP contribution in [0.15, 0.2) is 24.3 Å². The molecule has 4 unspecified atom stereocenters. The van der Waals surface area contributed by atoms with E-state index in [4.69, 9.17) is 18.9 Å². The van der Waals surface area contributed by atoms with Gasteiger partial charge in [0.2, 0.25) is 5.91 Å². The number of benzene rings is 1. The highest BCUT2D eigenvalue weighted by molar-refractivity contribution is 5.96. The quantitative estimate of drug-likeness (QED) is 0.163. The Labute approximate surface area is 281 Å².